The molecule has 3 nitrogen and oxygen atoms in total. The maximum atomic E-state index is 12.8. The summed E-state index contributed by atoms with van der Waals surface area (Å²) in [6.07, 6.45) is 3.16. The van der Waals surface area contributed by atoms with Gasteiger partial charge >= 0.3 is 0 Å². The molecule has 0 saturated heterocycles. The molecule has 118 valence electrons. The number of nitrogens with one attached hydrogen (secondary N) is 1. The van der Waals surface area contributed by atoms with Crippen LogP contribution in [0.3, 0.4) is 0 Å². The van der Waals surface area contributed by atoms with Gasteiger partial charge in [-0.25, -0.2) is 4.39 Å². The number of carbonyl (C=O) groups excluding carboxylic acids is 1. The van der Waals surface area contributed by atoms with E-state index in [0.29, 0.717) is 25.9 Å². The number of benzene rings is 2. The van der Waals surface area contributed by atoms with Gasteiger partial charge in [-0.15, -0.1) is 0 Å². The van der Waals surface area contributed by atoms with Crippen LogP contribution in [0.25, 0.3) is 10.9 Å². The summed E-state index contributed by atoms with van der Waals surface area (Å²) in [6.45, 7) is 1.23. The number of hydrogen-bond acceptors (Lipinski definition) is 1. The minimum absolute atomic E-state index is 0.0323. The van der Waals surface area contributed by atoms with Gasteiger partial charge in [0.1, 0.15) is 5.82 Å². The first-order valence-corrected chi connectivity index (χ1v) is 7.77. The van der Waals surface area contributed by atoms with Gasteiger partial charge in [-0.2, -0.15) is 0 Å². The number of nitrogens with zero attached hydrogens (tertiary/aromatic N) is 1. The van der Waals surface area contributed by atoms with E-state index >= 15 is 0 Å². The van der Waals surface area contributed by atoms with Crippen molar-refractivity contribution >= 4 is 16.8 Å². The van der Waals surface area contributed by atoms with Gasteiger partial charge in [-0.1, -0.05) is 30.3 Å². The van der Waals surface area contributed by atoms with Crippen LogP contribution in [0.1, 0.15) is 12.0 Å². The Morgan fingerprint density at radius 2 is 1.83 bits per heavy atom. The Balaban J connectivity index is 1.45. The average molecular weight is 310 g/mol. The molecular formula is C19H19FN2O. The second kappa shape index (κ2) is 7.09. The van der Waals surface area contributed by atoms with Crippen LogP contribution < -0.4 is 5.32 Å². The van der Waals surface area contributed by atoms with Gasteiger partial charge in [0.25, 0.3) is 0 Å². The van der Waals surface area contributed by atoms with Crippen molar-refractivity contribution in [1.82, 2.24) is 9.88 Å². The first-order chi connectivity index (χ1) is 11.2. The van der Waals surface area contributed by atoms with E-state index < -0.39 is 0 Å². The molecule has 0 aliphatic heterocycles. The molecule has 1 N–H and O–H groups in total. The van der Waals surface area contributed by atoms with E-state index in [2.05, 4.69) is 28.1 Å². The van der Waals surface area contributed by atoms with Gasteiger partial charge in [0, 0.05) is 31.2 Å². The third kappa shape index (κ3) is 3.97. The Bertz CT molecular complexity index is 792. The topological polar surface area (TPSA) is 34.0 Å². The molecule has 0 bridgehead atoms. The molecular weight excluding hydrogens is 291 g/mol. The highest BCUT2D eigenvalue weighted by Crippen LogP contribution is 2.15. The lowest BCUT2D eigenvalue weighted by molar-refractivity contribution is -0.121. The average Bonchev–Trinajstić information content (AvgIpc) is 2.98. The number of hydrogen-bond donors (Lipinski definition) is 1. The Kier molecular flexibility index (Phi) is 4.71. The van der Waals surface area contributed by atoms with Gasteiger partial charge in [0.15, 0.2) is 0 Å². The predicted molar refractivity (Wildman–Crippen MR) is 89.7 cm³/mol. The Morgan fingerprint density at radius 1 is 1.04 bits per heavy atom. The van der Waals surface area contributed by atoms with E-state index in [1.165, 1.54) is 17.5 Å². The van der Waals surface area contributed by atoms with Crippen LogP contribution in [-0.4, -0.2) is 17.0 Å². The molecule has 0 aliphatic rings. The molecule has 0 unspecified atom stereocenters. The van der Waals surface area contributed by atoms with E-state index in [4.69, 9.17) is 0 Å². The van der Waals surface area contributed by atoms with Crippen molar-refractivity contribution in [3.63, 3.8) is 0 Å². The molecule has 3 aromatic rings. The minimum atomic E-state index is -0.239. The zero-order valence-electron chi connectivity index (χ0n) is 12.8. The number of fused-ring (bicyclic) bond motifs is 1. The number of carbonyl (C=O) groups is 1. The predicted octanol–water partition coefficient (Wildman–Crippen LogP) is 3.53. The van der Waals surface area contributed by atoms with Crippen LogP contribution >= 0.6 is 0 Å². The molecule has 23 heavy (non-hydrogen) atoms. The number of amides is 1. The molecule has 3 rings (SSSR count). The molecule has 0 fully saturated rings. The molecule has 1 aromatic heterocycles. The molecule has 0 radical (unpaired) electrons. The zero-order valence-corrected chi connectivity index (χ0v) is 12.8. The van der Waals surface area contributed by atoms with Crippen molar-refractivity contribution in [2.24, 2.45) is 0 Å². The van der Waals surface area contributed by atoms with Gasteiger partial charge in [-0.05, 0) is 41.6 Å². The largest absolute Gasteiger partial charge is 0.356 e. The van der Waals surface area contributed by atoms with Crippen LogP contribution in [0.2, 0.25) is 0 Å². The van der Waals surface area contributed by atoms with Gasteiger partial charge < -0.3 is 9.88 Å². The fourth-order valence-electron chi connectivity index (χ4n) is 2.64. The quantitative estimate of drug-likeness (QED) is 0.742. The summed E-state index contributed by atoms with van der Waals surface area (Å²) < 4.78 is 14.9. The fraction of sp³-hybridized carbons (Fsp3) is 0.211. The van der Waals surface area contributed by atoms with Crippen molar-refractivity contribution < 1.29 is 9.18 Å². The monoisotopic (exact) mass is 310 g/mol. The van der Waals surface area contributed by atoms with E-state index in [1.807, 2.05) is 18.3 Å². The maximum Gasteiger partial charge on any atom is 0.221 e. The first-order valence-electron chi connectivity index (χ1n) is 7.77. The highest BCUT2D eigenvalue weighted by atomic mass is 19.1. The van der Waals surface area contributed by atoms with Crippen molar-refractivity contribution in [1.29, 1.82) is 0 Å². The van der Waals surface area contributed by atoms with Gasteiger partial charge in [-0.3, -0.25) is 4.79 Å². The zero-order chi connectivity index (χ0) is 16.1. The number of rotatable bonds is 6. The molecule has 0 saturated carbocycles. The lowest BCUT2D eigenvalue weighted by Gasteiger charge is -2.07. The van der Waals surface area contributed by atoms with Crippen LogP contribution in [0.15, 0.2) is 60.8 Å². The Labute approximate surface area is 134 Å². The van der Waals surface area contributed by atoms with Crippen molar-refractivity contribution in [2.75, 3.05) is 6.54 Å². The van der Waals surface area contributed by atoms with Crippen LogP contribution in [-0.2, 0) is 17.8 Å². The van der Waals surface area contributed by atoms with Crippen LogP contribution in [0.4, 0.5) is 4.39 Å². The standard InChI is InChI=1S/C19H19FN2O/c20-17-7-5-15(6-8-17)9-12-21-19(23)11-14-22-13-10-16-3-1-2-4-18(16)22/h1-8,10,13H,9,11-12,14H2,(H,21,23). The first kappa shape index (κ1) is 15.3. The normalized spacial score (nSPS) is 10.8. The second-order valence-corrected chi connectivity index (χ2v) is 5.54. The molecule has 1 heterocycles. The SMILES string of the molecule is O=C(CCn1ccc2ccccc21)NCCc1ccc(F)cc1. The molecule has 4 heteroatoms. The van der Waals surface area contributed by atoms with E-state index in [-0.39, 0.29) is 11.7 Å². The van der Waals surface area contributed by atoms with Crippen LogP contribution in [0.5, 0.6) is 0 Å². The minimum Gasteiger partial charge on any atom is -0.356 e. The number of aromatic nitrogens is 1. The Morgan fingerprint density at radius 3 is 2.65 bits per heavy atom. The lowest BCUT2D eigenvalue weighted by atomic mass is 10.1. The third-order valence-electron chi connectivity index (χ3n) is 3.91. The van der Waals surface area contributed by atoms with E-state index in [9.17, 15) is 9.18 Å². The Hall–Kier alpha value is -2.62. The van der Waals surface area contributed by atoms with E-state index in [1.54, 1.807) is 12.1 Å². The summed E-state index contributed by atoms with van der Waals surface area (Å²) in [7, 11) is 0. The third-order valence-corrected chi connectivity index (χ3v) is 3.91. The molecule has 1 amide bonds. The van der Waals surface area contributed by atoms with Crippen molar-refractivity contribution in [2.45, 2.75) is 19.4 Å². The number of aryl methyl sites for hydroxylation is 1. The molecule has 0 aliphatic carbocycles. The lowest BCUT2D eigenvalue weighted by Crippen LogP contribution is -2.26. The summed E-state index contributed by atoms with van der Waals surface area (Å²) in [5.74, 6) is -0.207. The van der Waals surface area contributed by atoms with Crippen molar-refractivity contribution in [3.05, 3.63) is 72.2 Å². The van der Waals surface area contributed by atoms with Crippen molar-refractivity contribution in [3.8, 4) is 0 Å². The summed E-state index contributed by atoms with van der Waals surface area (Å²) in [5, 5.41) is 4.09. The fourth-order valence-corrected chi connectivity index (χ4v) is 2.64. The summed E-state index contributed by atoms with van der Waals surface area (Å²) in [4.78, 5) is 11.9. The van der Waals surface area contributed by atoms with E-state index in [0.717, 1.165) is 11.1 Å². The smallest absolute Gasteiger partial charge is 0.221 e. The summed E-state index contributed by atoms with van der Waals surface area (Å²) >= 11 is 0. The van der Waals surface area contributed by atoms with Gasteiger partial charge in [0.2, 0.25) is 5.91 Å². The summed E-state index contributed by atoms with van der Waals surface area (Å²) in [5.41, 5.74) is 2.16. The highest BCUT2D eigenvalue weighted by Gasteiger charge is 2.04. The van der Waals surface area contributed by atoms with Crippen LogP contribution in [0, 0.1) is 5.82 Å². The molecule has 0 spiro atoms. The second-order valence-electron chi connectivity index (χ2n) is 5.54. The molecule has 0 atom stereocenters. The highest BCUT2D eigenvalue weighted by molar-refractivity contribution is 5.80. The molecule has 2 aromatic carbocycles. The number of para-hydroxylation sites is 1. The summed E-state index contributed by atoms with van der Waals surface area (Å²) in [6, 6.07) is 16.6. The maximum absolute atomic E-state index is 12.8. The number of halogens is 1. The van der Waals surface area contributed by atoms with Gasteiger partial charge in [0.05, 0.1) is 0 Å².